The van der Waals surface area contributed by atoms with E-state index in [0.29, 0.717) is 22.6 Å². The second kappa shape index (κ2) is 8.73. The number of para-hydroxylation sites is 1. The van der Waals surface area contributed by atoms with Crippen molar-refractivity contribution in [1.29, 1.82) is 0 Å². The second-order valence-electron chi connectivity index (χ2n) is 6.79. The Balaban J connectivity index is 1.59. The van der Waals surface area contributed by atoms with Gasteiger partial charge in [-0.05, 0) is 49.4 Å². The largest absolute Gasteiger partial charge is 0.462 e. The highest BCUT2D eigenvalue weighted by atomic mass is 16.5. The van der Waals surface area contributed by atoms with Gasteiger partial charge < -0.3 is 9.15 Å². The number of hydrogen-bond acceptors (Lipinski definition) is 6. The average Bonchev–Trinajstić information content (AvgIpc) is 3.26. The van der Waals surface area contributed by atoms with Crippen LogP contribution in [0.5, 0.6) is 0 Å². The number of anilines is 1. The summed E-state index contributed by atoms with van der Waals surface area (Å²) in [7, 11) is 0. The first kappa shape index (κ1) is 20.8. The van der Waals surface area contributed by atoms with Crippen LogP contribution in [0.2, 0.25) is 0 Å². The standard InChI is InChI=1S/C24H18N2O6/c1-2-31-23(29)16-10-8-15(9-11-16)20-13-12-18(32-20)14-19-21(27)25-24(30)26(22(19)28)17-6-4-3-5-7-17/h3-14H,2H2,1H3,(H,25,27,30)/b19-14-. The van der Waals surface area contributed by atoms with Gasteiger partial charge in [-0.1, -0.05) is 30.3 Å². The maximum Gasteiger partial charge on any atom is 0.338 e. The lowest BCUT2D eigenvalue weighted by atomic mass is 10.1. The summed E-state index contributed by atoms with van der Waals surface area (Å²) in [4.78, 5) is 50.1. The summed E-state index contributed by atoms with van der Waals surface area (Å²) in [6.45, 7) is 2.02. The van der Waals surface area contributed by atoms with Crippen molar-refractivity contribution in [1.82, 2.24) is 5.32 Å². The summed E-state index contributed by atoms with van der Waals surface area (Å²) >= 11 is 0. The van der Waals surface area contributed by atoms with Crippen LogP contribution < -0.4 is 10.2 Å². The number of furan rings is 1. The van der Waals surface area contributed by atoms with Gasteiger partial charge >= 0.3 is 12.0 Å². The van der Waals surface area contributed by atoms with Crippen LogP contribution in [0.4, 0.5) is 10.5 Å². The minimum Gasteiger partial charge on any atom is -0.462 e. The minimum atomic E-state index is -0.815. The van der Waals surface area contributed by atoms with Crippen molar-refractivity contribution < 1.29 is 28.3 Å². The fourth-order valence-corrected chi connectivity index (χ4v) is 3.18. The van der Waals surface area contributed by atoms with Gasteiger partial charge in [0.2, 0.25) is 0 Å². The molecule has 1 N–H and O–H groups in total. The van der Waals surface area contributed by atoms with Gasteiger partial charge in [0.15, 0.2) is 0 Å². The third-order valence-corrected chi connectivity index (χ3v) is 4.71. The fraction of sp³-hybridized carbons (Fsp3) is 0.0833. The molecule has 2 aromatic carbocycles. The van der Waals surface area contributed by atoms with E-state index in [2.05, 4.69) is 5.32 Å². The van der Waals surface area contributed by atoms with Crippen molar-refractivity contribution in [3.05, 3.63) is 83.6 Å². The molecule has 2 heterocycles. The zero-order chi connectivity index (χ0) is 22.7. The van der Waals surface area contributed by atoms with Gasteiger partial charge in [-0.2, -0.15) is 0 Å². The Bertz CT molecular complexity index is 1220. The van der Waals surface area contributed by atoms with E-state index in [1.54, 1.807) is 73.7 Å². The van der Waals surface area contributed by atoms with E-state index >= 15 is 0 Å². The molecule has 1 aliphatic heterocycles. The lowest BCUT2D eigenvalue weighted by Crippen LogP contribution is -2.54. The molecule has 3 aromatic rings. The molecule has 8 heteroatoms. The number of carbonyl (C=O) groups excluding carboxylic acids is 4. The van der Waals surface area contributed by atoms with E-state index in [-0.39, 0.29) is 17.9 Å². The highest BCUT2D eigenvalue weighted by Gasteiger charge is 2.36. The number of hydrogen-bond donors (Lipinski definition) is 1. The second-order valence-corrected chi connectivity index (χ2v) is 6.79. The molecule has 8 nitrogen and oxygen atoms in total. The number of amides is 4. The van der Waals surface area contributed by atoms with Gasteiger partial charge in [-0.3, -0.25) is 14.9 Å². The van der Waals surface area contributed by atoms with Crippen molar-refractivity contribution >= 4 is 35.6 Å². The zero-order valence-corrected chi connectivity index (χ0v) is 17.0. The number of ether oxygens (including phenoxy) is 1. The molecule has 32 heavy (non-hydrogen) atoms. The number of urea groups is 1. The molecule has 1 aliphatic rings. The first-order chi connectivity index (χ1) is 15.5. The quantitative estimate of drug-likeness (QED) is 0.375. The van der Waals surface area contributed by atoms with E-state index < -0.39 is 23.8 Å². The Morgan fingerprint density at radius 2 is 1.72 bits per heavy atom. The summed E-state index contributed by atoms with van der Waals surface area (Å²) in [5.74, 6) is -1.23. The first-order valence-electron chi connectivity index (χ1n) is 9.82. The minimum absolute atomic E-state index is 0.230. The van der Waals surface area contributed by atoms with Crippen LogP contribution in [0.15, 0.2) is 76.7 Å². The highest BCUT2D eigenvalue weighted by molar-refractivity contribution is 6.39. The molecular weight excluding hydrogens is 412 g/mol. The van der Waals surface area contributed by atoms with Gasteiger partial charge in [0.1, 0.15) is 17.1 Å². The van der Waals surface area contributed by atoms with Crippen molar-refractivity contribution in [3.63, 3.8) is 0 Å². The first-order valence-corrected chi connectivity index (χ1v) is 9.82. The number of benzene rings is 2. The smallest absolute Gasteiger partial charge is 0.338 e. The van der Waals surface area contributed by atoms with E-state index in [1.807, 2.05) is 0 Å². The Labute approximate surface area is 183 Å². The van der Waals surface area contributed by atoms with Crippen molar-refractivity contribution in [2.45, 2.75) is 6.92 Å². The number of esters is 1. The molecule has 1 saturated heterocycles. The molecule has 0 aliphatic carbocycles. The number of imide groups is 2. The highest BCUT2D eigenvalue weighted by Crippen LogP contribution is 2.26. The van der Waals surface area contributed by atoms with Crippen molar-refractivity contribution in [3.8, 4) is 11.3 Å². The summed E-state index contributed by atoms with van der Waals surface area (Å²) in [6.07, 6.45) is 1.29. The molecule has 0 saturated carbocycles. The monoisotopic (exact) mass is 430 g/mol. The molecule has 4 rings (SSSR count). The van der Waals surface area contributed by atoms with Gasteiger partial charge in [-0.15, -0.1) is 0 Å². The molecule has 0 bridgehead atoms. The van der Waals surface area contributed by atoms with Gasteiger partial charge in [0, 0.05) is 5.56 Å². The van der Waals surface area contributed by atoms with E-state index in [4.69, 9.17) is 9.15 Å². The van der Waals surface area contributed by atoms with Gasteiger partial charge in [0.05, 0.1) is 17.9 Å². The van der Waals surface area contributed by atoms with Crippen LogP contribution in [0, 0.1) is 0 Å². The molecule has 160 valence electrons. The van der Waals surface area contributed by atoms with E-state index in [9.17, 15) is 19.2 Å². The third-order valence-electron chi connectivity index (χ3n) is 4.71. The summed E-state index contributed by atoms with van der Waals surface area (Å²) in [5, 5.41) is 2.17. The SMILES string of the molecule is CCOC(=O)c1ccc(-c2ccc(/C=C3/C(=O)NC(=O)N(c4ccccc4)C3=O)o2)cc1. The molecule has 0 atom stereocenters. The van der Waals surface area contributed by atoms with E-state index in [1.165, 1.54) is 6.08 Å². The molecule has 0 spiro atoms. The maximum absolute atomic E-state index is 12.9. The number of barbiturate groups is 1. The van der Waals surface area contributed by atoms with Crippen LogP contribution in [0.25, 0.3) is 17.4 Å². The van der Waals surface area contributed by atoms with Crippen LogP contribution >= 0.6 is 0 Å². The Morgan fingerprint density at radius 3 is 2.41 bits per heavy atom. The molecule has 1 fully saturated rings. The number of rotatable bonds is 5. The molecule has 1 aromatic heterocycles. The summed E-state index contributed by atoms with van der Waals surface area (Å²) in [6, 6.07) is 17.4. The van der Waals surface area contributed by atoms with Gasteiger partial charge in [-0.25, -0.2) is 14.5 Å². The molecule has 4 amide bonds. The normalized spacial score (nSPS) is 15.1. The number of nitrogens with one attached hydrogen (secondary N) is 1. The lowest BCUT2D eigenvalue weighted by Gasteiger charge is -2.26. The van der Waals surface area contributed by atoms with Crippen LogP contribution in [0.3, 0.4) is 0 Å². The lowest BCUT2D eigenvalue weighted by molar-refractivity contribution is -0.122. The van der Waals surface area contributed by atoms with Crippen LogP contribution in [-0.2, 0) is 14.3 Å². The summed E-state index contributed by atoms with van der Waals surface area (Å²) < 4.78 is 10.7. The predicted molar refractivity (Wildman–Crippen MR) is 116 cm³/mol. The van der Waals surface area contributed by atoms with E-state index in [0.717, 1.165) is 4.90 Å². The zero-order valence-electron chi connectivity index (χ0n) is 17.0. The number of carbonyl (C=O) groups is 4. The Hall–Kier alpha value is -4.46. The third kappa shape index (κ3) is 4.06. The fourth-order valence-electron chi connectivity index (χ4n) is 3.18. The Kier molecular flexibility index (Phi) is 5.67. The maximum atomic E-state index is 12.9. The van der Waals surface area contributed by atoms with Crippen LogP contribution in [0.1, 0.15) is 23.0 Å². The average molecular weight is 430 g/mol. The molecule has 0 radical (unpaired) electrons. The molecular formula is C24H18N2O6. The van der Waals surface area contributed by atoms with Crippen molar-refractivity contribution in [2.24, 2.45) is 0 Å². The topological polar surface area (TPSA) is 106 Å². The van der Waals surface area contributed by atoms with Gasteiger partial charge in [0.25, 0.3) is 11.8 Å². The van der Waals surface area contributed by atoms with Crippen LogP contribution in [-0.4, -0.2) is 30.4 Å². The van der Waals surface area contributed by atoms with Crippen molar-refractivity contribution in [2.75, 3.05) is 11.5 Å². The Morgan fingerprint density at radius 1 is 1.00 bits per heavy atom. The number of nitrogens with zero attached hydrogens (tertiary/aromatic N) is 1. The summed E-state index contributed by atoms with van der Waals surface area (Å²) in [5.41, 5.74) is 1.23. The predicted octanol–water partition coefficient (Wildman–Crippen LogP) is 3.79. The molecule has 0 unspecified atom stereocenters.